The van der Waals surface area contributed by atoms with Crippen LogP contribution in [-0.2, 0) is 4.79 Å². The fourth-order valence-electron chi connectivity index (χ4n) is 0.903. The number of aromatic nitrogens is 1. The predicted molar refractivity (Wildman–Crippen MR) is 46.2 cm³/mol. The van der Waals surface area contributed by atoms with Gasteiger partial charge in [0.2, 0.25) is 0 Å². The summed E-state index contributed by atoms with van der Waals surface area (Å²) in [6.07, 6.45) is 2.68. The summed E-state index contributed by atoms with van der Waals surface area (Å²) in [6.45, 7) is 0.687. The molecular weight excluding hydrogens is 156 g/mol. The van der Waals surface area contributed by atoms with E-state index in [0.717, 1.165) is 5.82 Å². The van der Waals surface area contributed by atoms with Crippen LogP contribution < -0.4 is 5.32 Å². The number of carboxylic acids is 1. The van der Waals surface area contributed by atoms with Gasteiger partial charge in [0.15, 0.2) is 0 Å². The van der Waals surface area contributed by atoms with Crippen molar-refractivity contribution in [2.24, 2.45) is 0 Å². The van der Waals surface area contributed by atoms with Crippen molar-refractivity contribution in [3.8, 4) is 0 Å². The second-order valence-corrected chi connectivity index (χ2v) is 2.51. The molecular formula is C8H12N2O2. The van der Waals surface area contributed by atoms with Gasteiger partial charge in [-0.15, -0.1) is 0 Å². The van der Waals surface area contributed by atoms with Crippen molar-refractivity contribution in [2.45, 2.75) is 12.8 Å². The lowest BCUT2D eigenvalue weighted by Crippen LogP contribution is -2.04. The van der Waals surface area contributed by atoms with Gasteiger partial charge in [0, 0.05) is 19.2 Å². The minimum absolute atomic E-state index is 0.216. The molecule has 0 unspecified atom stereocenters. The Kier molecular flexibility index (Phi) is 3.19. The zero-order chi connectivity index (χ0) is 8.81. The monoisotopic (exact) mass is 168 g/mol. The largest absolute Gasteiger partial charge is 0.481 e. The molecule has 4 nitrogen and oxygen atoms in total. The zero-order valence-corrected chi connectivity index (χ0v) is 6.71. The van der Waals surface area contributed by atoms with Crippen molar-refractivity contribution < 1.29 is 9.90 Å². The van der Waals surface area contributed by atoms with Crippen LogP contribution in [0.2, 0.25) is 0 Å². The maximum absolute atomic E-state index is 10.1. The average molecular weight is 168 g/mol. The summed E-state index contributed by atoms with van der Waals surface area (Å²) in [4.78, 5) is 13.1. The quantitative estimate of drug-likeness (QED) is 0.580. The molecule has 0 atom stereocenters. The average Bonchev–Trinajstić information content (AvgIpc) is 2.49. The van der Waals surface area contributed by atoms with Gasteiger partial charge >= 0.3 is 5.97 Å². The molecule has 0 amide bonds. The van der Waals surface area contributed by atoms with Crippen molar-refractivity contribution in [1.82, 2.24) is 4.98 Å². The Hall–Kier alpha value is -1.45. The van der Waals surface area contributed by atoms with Gasteiger partial charge in [-0.3, -0.25) is 4.79 Å². The lowest BCUT2D eigenvalue weighted by Gasteiger charge is -2.00. The van der Waals surface area contributed by atoms with Gasteiger partial charge in [-0.1, -0.05) is 0 Å². The number of rotatable bonds is 5. The van der Waals surface area contributed by atoms with Gasteiger partial charge in [-0.05, 0) is 18.6 Å². The van der Waals surface area contributed by atoms with Gasteiger partial charge in [-0.2, -0.15) is 0 Å². The van der Waals surface area contributed by atoms with E-state index in [1.165, 1.54) is 0 Å². The minimum atomic E-state index is -0.747. The van der Waals surface area contributed by atoms with E-state index in [-0.39, 0.29) is 6.42 Å². The Labute approximate surface area is 70.6 Å². The van der Waals surface area contributed by atoms with Crippen molar-refractivity contribution in [3.63, 3.8) is 0 Å². The topological polar surface area (TPSA) is 65.1 Å². The molecule has 66 valence electrons. The van der Waals surface area contributed by atoms with Crippen LogP contribution in [0.15, 0.2) is 18.3 Å². The molecule has 0 fully saturated rings. The molecule has 1 rings (SSSR count). The molecule has 0 spiro atoms. The van der Waals surface area contributed by atoms with Crippen LogP contribution in [0.3, 0.4) is 0 Å². The molecule has 0 aromatic carbocycles. The van der Waals surface area contributed by atoms with Gasteiger partial charge < -0.3 is 15.4 Å². The molecule has 3 N–H and O–H groups in total. The lowest BCUT2D eigenvalue weighted by molar-refractivity contribution is -0.137. The van der Waals surface area contributed by atoms with E-state index in [1.54, 1.807) is 0 Å². The first-order valence-corrected chi connectivity index (χ1v) is 3.88. The first-order valence-electron chi connectivity index (χ1n) is 3.88. The Morgan fingerprint density at radius 3 is 3.08 bits per heavy atom. The van der Waals surface area contributed by atoms with Gasteiger partial charge in [-0.25, -0.2) is 0 Å². The van der Waals surface area contributed by atoms with E-state index in [4.69, 9.17) is 5.11 Å². The third-order valence-corrected chi connectivity index (χ3v) is 1.48. The van der Waals surface area contributed by atoms with Crippen LogP contribution in [0.5, 0.6) is 0 Å². The third-order valence-electron chi connectivity index (χ3n) is 1.48. The molecule has 0 radical (unpaired) electrons. The normalized spacial score (nSPS) is 9.67. The van der Waals surface area contributed by atoms with Crippen LogP contribution in [0.25, 0.3) is 0 Å². The number of aliphatic carboxylic acids is 1. The molecule has 1 aromatic heterocycles. The smallest absolute Gasteiger partial charge is 0.303 e. The molecule has 0 aliphatic heterocycles. The highest BCUT2D eigenvalue weighted by Gasteiger charge is 1.95. The number of H-pyrrole nitrogens is 1. The molecule has 1 aromatic rings. The summed E-state index contributed by atoms with van der Waals surface area (Å²) >= 11 is 0. The van der Waals surface area contributed by atoms with Crippen LogP contribution in [0.4, 0.5) is 5.82 Å². The molecule has 0 aliphatic rings. The molecule has 12 heavy (non-hydrogen) atoms. The van der Waals surface area contributed by atoms with Crippen molar-refractivity contribution in [1.29, 1.82) is 0 Å². The number of carbonyl (C=O) groups is 1. The van der Waals surface area contributed by atoms with Crippen LogP contribution in [-0.4, -0.2) is 22.6 Å². The summed E-state index contributed by atoms with van der Waals surface area (Å²) in [5.41, 5.74) is 0. The Morgan fingerprint density at radius 1 is 1.67 bits per heavy atom. The van der Waals surface area contributed by atoms with E-state index in [0.29, 0.717) is 13.0 Å². The maximum Gasteiger partial charge on any atom is 0.303 e. The first kappa shape index (κ1) is 8.64. The number of aromatic amines is 1. The predicted octanol–water partition coefficient (Wildman–Crippen LogP) is 1.29. The standard InChI is InChI=1S/C8H12N2O2/c11-8(12)4-2-6-10-7-3-1-5-9-7/h1,3,5,9-10H,2,4,6H2,(H,11,12). The van der Waals surface area contributed by atoms with E-state index < -0.39 is 5.97 Å². The fraction of sp³-hybridized carbons (Fsp3) is 0.375. The van der Waals surface area contributed by atoms with Crippen LogP contribution >= 0.6 is 0 Å². The Bertz CT molecular complexity index is 231. The number of carboxylic acid groups (broad SMARTS) is 1. The van der Waals surface area contributed by atoms with Gasteiger partial charge in [0.05, 0.1) is 0 Å². The summed E-state index contributed by atoms with van der Waals surface area (Å²) in [5, 5.41) is 11.4. The zero-order valence-electron chi connectivity index (χ0n) is 6.71. The second-order valence-electron chi connectivity index (χ2n) is 2.51. The Balaban J connectivity index is 2.07. The highest BCUT2D eigenvalue weighted by atomic mass is 16.4. The van der Waals surface area contributed by atoms with Gasteiger partial charge in [0.25, 0.3) is 0 Å². The first-order chi connectivity index (χ1) is 5.79. The molecule has 0 saturated carbocycles. The van der Waals surface area contributed by atoms with Gasteiger partial charge in [0.1, 0.15) is 5.82 Å². The molecule has 0 aliphatic carbocycles. The van der Waals surface area contributed by atoms with E-state index in [2.05, 4.69) is 10.3 Å². The number of hydrogen-bond acceptors (Lipinski definition) is 2. The van der Waals surface area contributed by atoms with E-state index in [1.807, 2.05) is 18.3 Å². The number of nitrogens with one attached hydrogen (secondary N) is 2. The molecule has 0 bridgehead atoms. The fourth-order valence-corrected chi connectivity index (χ4v) is 0.903. The highest BCUT2D eigenvalue weighted by molar-refractivity contribution is 5.66. The summed E-state index contributed by atoms with van der Waals surface area (Å²) in [7, 11) is 0. The van der Waals surface area contributed by atoms with Crippen molar-refractivity contribution in [3.05, 3.63) is 18.3 Å². The van der Waals surface area contributed by atoms with Crippen molar-refractivity contribution in [2.75, 3.05) is 11.9 Å². The lowest BCUT2D eigenvalue weighted by atomic mass is 10.3. The van der Waals surface area contributed by atoms with Crippen LogP contribution in [0, 0.1) is 0 Å². The third kappa shape index (κ3) is 3.09. The maximum atomic E-state index is 10.1. The summed E-state index contributed by atoms with van der Waals surface area (Å²) in [5.74, 6) is 0.184. The molecule has 4 heteroatoms. The molecule has 1 heterocycles. The van der Waals surface area contributed by atoms with Crippen molar-refractivity contribution >= 4 is 11.8 Å². The minimum Gasteiger partial charge on any atom is -0.481 e. The second kappa shape index (κ2) is 4.43. The Morgan fingerprint density at radius 2 is 2.50 bits per heavy atom. The number of anilines is 1. The van der Waals surface area contributed by atoms with E-state index in [9.17, 15) is 4.79 Å². The molecule has 0 saturated heterocycles. The SMILES string of the molecule is O=C(O)CCCNc1ccc[nH]1. The van der Waals surface area contributed by atoms with Crippen LogP contribution in [0.1, 0.15) is 12.8 Å². The van der Waals surface area contributed by atoms with E-state index >= 15 is 0 Å². The summed E-state index contributed by atoms with van der Waals surface area (Å²) in [6, 6.07) is 3.79. The highest BCUT2D eigenvalue weighted by Crippen LogP contribution is 2.00. The number of hydrogen-bond donors (Lipinski definition) is 3. The summed E-state index contributed by atoms with van der Waals surface area (Å²) < 4.78 is 0.